The van der Waals surface area contributed by atoms with E-state index >= 15 is 0 Å². The minimum atomic E-state index is -4.87. The van der Waals surface area contributed by atoms with Crippen molar-refractivity contribution in [2.45, 2.75) is 45.1 Å². The third kappa shape index (κ3) is 6.38. The molecule has 0 spiro atoms. The van der Waals surface area contributed by atoms with Crippen LogP contribution in [0.15, 0.2) is 58.5 Å². The van der Waals surface area contributed by atoms with Gasteiger partial charge in [0.1, 0.15) is 17.1 Å². The predicted molar refractivity (Wildman–Crippen MR) is 130 cm³/mol. The van der Waals surface area contributed by atoms with E-state index in [0.29, 0.717) is 18.2 Å². The molecule has 3 heterocycles. The number of nitrogens with one attached hydrogen (secondary N) is 2. The van der Waals surface area contributed by atoms with Gasteiger partial charge >= 0.3 is 12.8 Å². The summed E-state index contributed by atoms with van der Waals surface area (Å²) < 4.78 is 84.8. The van der Waals surface area contributed by atoms with Gasteiger partial charge in [-0.2, -0.15) is 27.1 Å². The number of pyridine rings is 2. The van der Waals surface area contributed by atoms with Crippen LogP contribution in [0.3, 0.4) is 0 Å². The third-order valence-corrected chi connectivity index (χ3v) is 5.88. The van der Waals surface area contributed by atoms with E-state index in [1.165, 1.54) is 29.0 Å². The summed E-state index contributed by atoms with van der Waals surface area (Å²) in [6, 6.07) is 6.15. The van der Waals surface area contributed by atoms with Crippen LogP contribution in [0.1, 0.15) is 25.3 Å². The number of hydrogen-bond acceptors (Lipinski definition) is 6. The molecule has 3 aromatic heterocycles. The topological polar surface area (TPSA) is 102 Å². The van der Waals surface area contributed by atoms with Gasteiger partial charge in [0, 0.05) is 24.3 Å². The lowest BCUT2D eigenvalue weighted by Crippen LogP contribution is -2.27. The van der Waals surface area contributed by atoms with Crippen molar-refractivity contribution in [3.05, 3.63) is 81.0 Å². The van der Waals surface area contributed by atoms with Crippen LogP contribution >= 0.6 is 0 Å². The van der Waals surface area contributed by atoms with E-state index in [9.17, 15) is 35.9 Å². The number of ether oxygens (including phenoxy) is 1. The smallest absolute Gasteiger partial charge is 0.423 e. The van der Waals surface area contributed by atoms with Crippen LogP contribution in [-0.2, 0) is 12.7 Å². The maximum absolute atomic E-state index is 14.9. The van der Waals surface area contributed by atoms with Crippen molar-refractivity contribution in [3.8, 4) is 17.0 Å². The van der Waals surface area contributed by atoms with Crippen molar-refractivity contribution in [2.75, 3.05) is 5.32 Å². The fourth-order valence-corrected chi connectivity index (χ4v) is 4.08. The molecule has 1 aromatic carbocycles. The first-order valence-corrected chi connectivity index (χ1v) is 11.6. The van der Waals surface area contributed by atoms with E-state index in [4.69, 9.17) is 0 Å². The molecule has 4 rings (SSSR count). The van der Waals surface area contributed by atoms with Crippen molar-refractivity contribution < 1.29 is 31.1 Å². The molecule has 0 amide bonds. The second kappa shape index (κ2) is 11.2. The molecule has 0 saturated heterocycles. The van der Waals surface area contributed by atoms with Gasteiger partial charge in [-0.1, -0.05) is 0 Å². The van der Waals surface area contributed by atoms with Crippen molar-refractivity contribution >= 4 is 16.5 Å². The maximum atomic E-state index is 14.9. The number of aromatic amines is 1. The van der Waals surface area contributed by atoms with E-state index in [1.54, 1.807) is 18.1 Å². The summed E-state index contributed by atoms with van der Waals surface area (Å²) in [5.74, 6) is -0.922. The van der Waals surface area contributed by atoms with Gasteiger partial charge in [0.15, 0.2) is 0 Å². The summed E-state index contributed by atoms with van der Waals surface area (Å²) in [4.78, 5) is 28.5. The molecule has 14 heteroatoms. The quantitative estimate of drug-likeness (QED) is 0.277. The summed E-state index contributed by atoms with van der Waals surface area (Å²) in [5, 5.41) is 8.35. The van der Waals surface area contributed by atoms with Gasteiger partial charge in [0.25, 0.3) is 11.1 Å². The van der Waals surface area contributed by atoms with Crippen LogP contribution in [0, 0.1) is 5.82 Å². The first kappa shape index (κ1) is 27.7. The van der Waals surface area contributed by atoms with Crippen molar-refractivity contribution in [3.63, 3.8) is 0 Å². The summed E-state index contributed by atoms with van der Waals surface area (Å²) in [7, 11) is 0. The zero-order valence-corrected chi connectivity index (χ0v) is 20.2. The van der Waals surface area contributed by atoms with Crippen LogP contribution in [0.5, 0.6) is 5.75 Å². The Hall–Kier alpha value is -4.36. The fourth-order valence-electron chi connectivity index (χ4n) is 4.08. The highest BCUT2D eigenvalue weighted by molar-refractivity contribution is 5.86. The van der Waals surface area contributed by atoms with E-state index in [2.05, 4.69) is 20.1 Å². The van der Waals surface area contributed by atoms with Crippen LogP contribution < -0.4 is 21.2 Å². The second-order valence-electron chi connectivity index (χ2n) is 8.66. The molecular formula is C25H21F6N5O3. The molecule has 0 fully saturated rings. The summed E-state index contributed by atoms with van der Waals surface area (Å²) in [6.45, 7) is -1.19. The first-order chi connectivity index (χ1) is 18.4. The third-order valence-electron chi connectivity index (χ3n) is 5.88. The number of nitrogens with zero attached hydrogens (tertiary/aromatic N) is 3. The van der Waals surface area contributed by atoms with Gasteiger partial charge in [0.05, 0.1) is 29.2 Å². The molecule has 0 aliphatic carbocycles. The highest BCUT2D eigenvalue weighted by Crippen LogP contribution is 2.32. The Morgan fingerprint density at radius 2 is 1.90 bits per heavy atom. The monoisotopic (exact) mass is 553 g/mol. The Kier molecular flexibility index (Phi) is 7.93. The zero-order valence-electron chi connectivity index (χ0n) is 20.2. The number of rotatable bonds is 9. The van der Waals surface area contributed by atoms with E-state index in [0.717, 1.165) is 18.5 Å². The zero-order chi connectivity index (χ0) is 28.3. The van der Waals surface area contributed by atoms with Crippen LogP contribution in [0.4, 0.5) is 32.0 Å². The molecule has 39 heavy (non-hydrogen) atoms. The summed E-state index contributed by atoms with van der Waals surface area (Å²) in [6.07, 6.45) is -0.699. The van der Waals surface area contributed by atoms with Crippen molar-refractivity contribution in [1.82, 2.24) is 19.7 Å². The molecule has 0 radical (unpaired) electrons. The molecule has 0 bridgehead atoms. The first-order valence-electron chi connectivity index (χ1n) is 11.6. The highest BCUT2D eigenvalue weighted by atomic mass is 19.4. The average molecular weight is 553 g/mol. The van der Waals surface area contributed by atoms with Crippen molar-refractivity contribution in [2.24, 2.45) is 0 Å². The summed E-state index contributed by atoms with van der Waals surface area (Å²) >= 11 is 0. The van der Waals surface area contributed by atoms with Gasteiger partial charge in [-0.25, -0.2) is 9.49 Å². The molecule has 1 atom stereocenters. The Balaban J connectivity index is 1.46. The normalized spacial score (nSPS) is 12.6. The number of alkyl halides is 5. The number of anilines is 1. The molecule has 0 aliphatic heterocycles. The Morgan fingerprint density at radius 3 is 2.56 bits per heavy atom. The van der Waals surface area contributed by atoms with Crippen LogP contribution in [0.2, 0.25) is 0 Å². The summed E-state index contributed by atoms with van der Waals surface area (Å²) in [5.41, 5.74) is -3.42. The number of halogens is 6. The van der Waals surface area contributed by atoms with E-state index in [1.807, 2.05) is 0 Å². The van der Waals surface area contributed by atoms with Gasteiger partial charge < -0.3 is 14.6 Å². The average Bonchev–Trinajstić information content (AvgIpc) is 2.85. The molecular weight excluding hydrogens is 532 g/mol. The second-order valence-corrected chi connectivity index (χ2v) is 8.66. The van der Waals surface area contributed by atoms with E-state index in [-0.39, 0.29) is 28.9 Å². The Labute approximate surface area is 216 Å². The number of aryl methyl sites for hydroxylation is 1. The van der Waals surface area contributed by atoms with Gasteiger partial charge in [0.2, 0.25) is 0 Å². The largest absolute Gasteiger partial charge is 0.433 e. The predicted octanol–water partition coefficient (Wildman–Crippen LogP) is 5.19. The molecule has 8 nitrogen and oxygen atoms in total. The number of aromatic nitrogens is 4. The van der Waals surface area contributed by atoms with Crippen molar-refractivity contribution in [1.29, 1.82) is 0 Å². The minimum Gasteiger partial charge on any atom is -0.433 e. The molecule has 4 aromatic rings. The van der Waals surface area contributed by atoms with E-state index < -0.39 is 47.0 Å². The maximum Gasteiger partial charge on any atom is 0.423 e. The fraction of sp³-hybridized carbons (Fsp3) is 0.280. The van der Waals surface area contributed by atoms with Gasteiger partial charge in [-0.15, -0.1) is 0 Å². The molecule has 0 saturated carbocycles. The SMILES string of the molecule is CC(CCCn1ccc2cc(-c3ccc(OC(F)F)cn3)c(F)cc2c1=O)Nc1cn[nH]c(=O)c1C(F)(F)F. The standard InChI is InChI=1S/C25H21F6N5O3/c1-13(34-20-12-33-35-22(37)21(20)25(29,30)31)3-2-7-36-8-6-14-9-17(18(26)10-16(14)23(36)38)19-5-4-15(11-32-19)39-24(27)28/h4-6,8-13,24H,2-3,7H2,1H3,(H2,34,35,37). The minimum absolute atomic E-state index is 0.0654. The molecule has 0 aliphatic rings. The Morgan fingerprint density at radius 1 is 1.13 bits per heavy atom. The lowest BCUT2D eigenvalue weighted by molar-refractivity contribution is -0.138. The highest BCUT2D eigenvalue weighted by Gasteiger charge is 2.37. The molecule has 2 N–H and O–H groups in total. The van der Waals surface area contributed by atoms with Crippen LogP contribution in [0.25, 0.3) is 22.0 Å². The lowest BCUT2D eigenvalue weighted by atomic mass is 10.0. The lowest BCUT2D eigenvalue weighted by Gasteiger charge is -2.18. The molecule has 1 unspecified atom stereocenters. The van der Waals surface area contributed by atoms with Gasteiger partial charge in [-0.3, -0.25) is 14.6 Å². The Bertz CT molecular complexity index is 1580. The number of benzene rings is 1. The van der Waals surface area contributed by atoms with Gasteiger partial charge in [-0.05, 0) is 55.5 Å². The number of hydrogen-bond donors (Lipinski definition) is 2. The number of H-pyrrole nitrogens is 1. The van der Waals surface area contributed by atoms with Crippen LogP contribution in [-0.4, -0.2) is 32.4 Å². The molecule has 206 valence electrons. The number of fused-ring (bicyclic) bond motifs is 1.